The normalized spacial score (nSPS) is 14.1. The van der Waals surface area contributed by atoms with Crippen LogP contribution in [0.15, 0.2) is 158 Å². The first-order valence-electron chi connectivity index (χ1n) is 16.0. The van der Waals surface area contributed by atoms with Gasteiger partial charge in [0.1, 0.15) is 5.75 Å². The van der Waals surface area contributed by atoms with E-state index >= 15 is 0 Å². The number of hydrogen-bond donors (Lipinski definition) is 1. The Balaban J connectivity index is 1.07. The fraction of sp³-hybridized carbons (Fsp3) is 0.0233. The van der Waals surface area contributed by atoms with Gasteiger partial charge >= 0.3 is 0 Å². The topological polar surface area (TPSA) is 26.2 Å². The van der Waals surface area contributed by atoms with Crippen molar-refractivity contribution in [3.05, 3.63) is 163 Å². The fourth-order valence-electron chi connectivity index (χ4n) is 7.20. The molecule has 47 heavy (non-hydrogen) atoms. The van der Waals surface area contributed by atoms with Gasteiger partial charge in [0, 0.05) is 42.2 Å². The second-order valence-electron chi connectivity index (χ2n) is 12.2. The van der Waals surface area contributed by atoms with Crippen LogP contribution in [0.2, 0.25) is 0 Å². The van der Waals surface area contributed by atoms with E-state index in [1.807, 2.05) is 11.3 Å². The average Bonchev–Trinajstić information content (AvgIpc) is 3.83. The van der Waals surface area contributed by atoms with Gasteiger partial charge in [-0.15, -0.1) is 11.3 Å². The van der Waals surface area contributed by atoms with Gasteiger partial charge in [0.15, 0.2) is 6.23 Å². The Morgan fingerprint density at radius 1 is 0.511 bits per heavy atom. The number of thiophene rings is 1. The summed E-state index contributed by atoms with van der Waals surface area (Å²) < 4.78 is 11.4. The maximum absolute atomic E-state index is 6.49. The van der Waals surface area contributed by atoms with E-state index in [-0.39, 0.29) is 6.23 Å². The van der Waals surface area contributed by atoms with Crippen molar-refractivity contribution in [2.24, 2.45) is 0 Å². The van der Waals surface area contributed by atoms with Crippen molar-refractivity contribution in [2.75, 3.05) is 5.32 Å². The molecule has 3 heterocycles. The number of hydrogen-bond acceptors (Lipinski definition) is 3. The second-order valence-corrected chi connectivity index (χ2v) is 13.3. The predicted octanol–water partition coefficient (Wildman–Crippen LogP) is 12.0. The van der Waals surface area contributed by atoms with Gasteiger partial charge in [0.25, 0.3) is 0 Å². The molecule has 0 amide bonds. The van der Waals surface area contributed by atoms with Crippen LogP contribution < -0.4 is 10.1 Å². The summed E-state index contributed by atoms with van der Waals surface area (Å²) in [5.41, 5.74) is 10.5. The largest absolute Gasteiger partial charge is 0.464 e. The van der Waals surface area contributed by atoms with Crippen molar-refractivity contribution >= 4 is 59.0 Å². The van der Waals surface area contributed by atoms with Crippen LogP contribution >= 0.6 is 11.3 Å². The molecule has 0 saturated heterocycles. The molecule has 1 N–H and O–H groups in total. The van der Waals surface area contributed by atoms with Crippen LogP contribution in [-0.2, 0) is 0 Å². The standard InChI is InChI=1S/C43H28N2OS/c1-3-9-27(10-4-1)30-17-21-36-34(25-30)35-26-31(28-11-5-2-6-12-28)18-22-37(35)45(36)32-19-15-29(16-20-32)43-44-42-38(46-43)23-24-40-41(42)33-13-7-8-14-39(33)47-40/h1-26,43-44H. The first kappa shape index (κ1) is 26.4. The van der Waals surface area contributed by atoms with Crippen molar-refractivity contribution in [3.63, 3.8) is 0 Å². The molecule has 0 aliphatic carbocycles. The van der Waals surface area contributed by atoms with Crippen molar-refractivity contribution < 1.29 is 4.74 Å². The minimum absolute atomic E-state index is 0.247. The van der Waals surface area contributed by atoms with Crippen molar-refractivity contribution in [2.45, 2.75) is 6.23 Å². The lowest BCUT2D eigenvalue weighted by Crippen LogP contribution is -2.10. The van der Waals surface area contributed by atoms with Gasteiger partial charge < -0.3 is 14.6 Å². The Labute approximate surface area is 275 Å². The summed E-state index contributed by atoms with van der Waals surface area (Å²) in [4.78, 5) is 0. The number of nitrogens with zero attached hydrogens (tertiary/aromatic N) is 1. The molecular formula is C43H28N2OS. The number of aromatic nitrogens is 1. The fourth-order valence-corrected chi connectivity index (χ4v) is 8.31. The van der Waals surface area contributed by atoms with Gasteiger partial charge in [-0.25, -0.2) is 0 Å². The molecular weight excluding hydrogens is 593 g/mol. The second kappa shape index (κ2) is 10.3. The summed E-state index contributed by atoms with van der Waals surface area (Å²) in [6.07, 6.45) is -0.247. The van der Waals surface area contributed by atoms with Gasteiger partial charge in [-0.1, -0.05) is 103 Å². The third kappa shape index (κ3) is 4.19. The van der Waals surface area contributed by atoms with Crippen LogP contribution in [0.5, 0.6) is 5.75 Å². The molecule has 3 nitrogen and oxygen atoms in total. The van der Waals surface area contributed by atoms with E-state index in [1.54, 1.807) is 0 Å². The summed E-state index contributed by atoms with van der Waals surface area (Å²) in [6.45, 7) is 0. The Morgan fingerprint density at radius 3 is 1.79 bits per heavy atom. The van der Waals surface area contributed by atoms with Gasteiger partial charge in [0.05, 0.1) is 16.7 Å². The Bertz CT molecular complexity index is 2520. The maximum atomic E-state index is 6.49. The smallest absolute Gasteiger partial charge is 0.196 e. The monoisotopic (exact) mass is 620 g/mol. The molecule has 4 heteroatoms. The highest BCUT2D eigenvalue weighted by Crippen LogP contribution is 2.48. The van der Waals surface area contributed by atoms with E-state index in [2.05, 4.69) is 168 Å². The molecule has 0 bridgehead atoms. The van der Waals surface area contributed by atoms with Crippen LogP contribution in [-0.4, -0.2) is 4.57 Å². The summed E-state index contributed by atoms with van der Waals surface area (Å²) in [5.74, 6) is 0.904. The quantitative estimate of drug-likeness (QED) is 0.212. The lowest BCUT2D eigenvalue weighted by Gasteiger charge is -2.14. The number of anilines is 1. The lowest BCUT2D eigenvalue weighted by atomic mass is 10.0. The van der Waals surface area contributed by atoms with Crippen LogP contribution in [0.4, 0.5) is 5.69 Å². The Hall–Kier alpha value is -5.84. The van der Waals surface area contributed by atoms with E-state index in [1.165, 1.54) is 64.2 Å². The third-order valence-electron chi connectivity index (χ3n) is 9.46. The first-order valence-corrected chi connectivity index (χ1v) is 16.8. The highest BCUT2D eigenvalue weighted by atomic mass is 32.1. The van der Waals surface area contributed by atoms with Crippen LogP contribution in [0.1, 0.15) is 11.8 Å². The maximum Gasteiger partial charge on any atom is 0.196 e. The highest BCUT2D eigenvalue weighted by molar-refractivity contribution is 7.26. The molecule has 1 atom stereocenters. The van der Waals surface area contributed by atoms with Crippen LogP contribution in [0, 0.1) is 0 Å². The number of ether oxygens (including phenoxy) is 1. The molecule has 9 aromatic rings. The van der Waals surface area contributed by atoms with Gasteiger partial charge in [-0.3, -0.25) is 0 Å². The Kier molecular flexibility index (Phi) is 5.81. The van der Waals surface area contributed by atoms with E-state index in [4.69, 9.17) is 4.74 Å². The Morgan fingerprint density at radius 2 is 1.13 bits per heavy atom. The van der Waals surface area contributed by atoms with E-state index in [0.29, 0.717) is 0 Å². The summed E-state index contributed by atoms with van der Waals surface area (Å²) >= 11 is 1.83. The molecule has 0 fully saturated rings. The van der Waals surface area contributed by atoms with Gasteiger partial charge in [0.2, 0.25) is 0 Å². The number of benzene rings is 7. The summed E-state index contributed by atoms with van der Waals surface area (Å²) in [6, 6.07) is 56.7. The molecule has 0 radical (unpaired) electrons. The van der Waals surface area contributed by atoms with Crippen molar-refractivity contribution in [3.8, 4) is 33.7 Å². The molecule has 0 saturated carbocycles. The zero-order valence-corrected chi connectivity index (χ0v) is 26.2. The van der Waals surface area contributed by atoms with Gasteiger partial charge in [-0.2, -0.15) is 0 Å². The van der Waals surface area contributed by atoms with E-state index in [0.717, 1.165) is 22.7 Å². The third-order valence-corrected chi connectivity index (χ3v) is 10.6. The molecule has 222 valence electrons. The molecule has 10 rings (SSSR count). The SMILES string of the molecule is c1ccc(-c2ccc3c(c2)c2cc(-c4ccccc4)ccc2n3-c2ccc(C3Nc4c(ccc5sc6ccccc6c45)O3)cc2)cc1. The van der Waals surface area contributed by atoms with E-state index in [9.17, 15) is 0 Å². The minimum atomic E-state index is -0.247. The molecule has 7 aromatic carbocycles. The van der Waals surface area contributed by atoms with Crippen molar-refractivity contribution in [1.29, 1.82) is 0 Å². The van der Waals surface area contributed by atoms with E-state index < -0.39 is 0 Å². The lowest BCUT2D eigenvalue weighted by molar-refractivity contribution is 0.260. The molecule has 1 aliphatic heterocycles. The number of rotatable bonds is 4. The first-order chi connectivity index (χ1) is 23.3. The molecule has 1 aliphatic rings. The summed E-state index contributed by atoms with van der Waals surface area (Å²) in [7, 11) is 0. The highest BCUT2D eigenvalue weighted by Gasteiger charge is 2.27. The predicted molar refractivity (Wildman–Crippen MR) is 198 cm³/mol. The number of nitrogens with one attached hydrogen (secondary N) is 1. The summed E-state index contributed by atoms with van der Waals surface area (Å²) in [5, 5.41) is 8.71. The van der Waals surface area contributed by atoms with Gasteiger partial charge in [-0.05, 0) is 76.9 Å². The molecule has 2 aromatic heterocycles. The zero-order chi connectivity index (χ0) is 30.9. The van der Waals surface area contributed by atoms with Crippen LogP contribution in [0.25, 0.3) is 69.9 Å². The molecule has 1 unspecified atom stereocenters. The van der Waals surface area contributed by atoms with Crippen molar-refractivity contribution in [1.82, 2.24) is 4.57 Å². The zero-order valence-electron chi connectivity index (χ0n) is 25.4. The average molecular weight is 621 g/mol. The number of fused-ring (bicyclic) bond motifs is 8. The molecule has 0 spiro atoms. The minimum Gasteiger partial charge on any atom is -0.464 e. The van der Waals surface area contributed by atoms with Crippen LogP contribution in [0.3, 0.4) is 0 Å².